The predicted molar refractivity (Wildman–Crippen MR) is 262 cm³/mol. The summed E-state index contributed by atoms with van der Waals surface area (Å²) >= 11 is 7.44. The third kappa shape index (κ3) is 10.1. The minimum atomic E-state index is -0.945. The fourth-order valence-electron chi connectivity index (χ4n) is 8.27. The zero-order chi connectivity index (χ0) is 47.4. The lowest BCUT2D eigenvalue weighted by molar-refractivity contribution is -0.139. The van der Waals surface area contributed by atoms with Crippen molar-refractivity contribution in [1.82, 2.24) is 15.2 Å². The topological polar surface area (TPSA) is 146 Å². The number of anilines is 2. The van der Waals surface area contributed by atoms with E-state index in [0.29, 0.717) is 33.7 Å². The van der Waals surface area contributed by atoms with Crippen LogP contribution in [0, 0.1) is 20.4 Å². The number of aliphatic hydroxyl groups is 1. The van der Waals surface area contributed by atoms with Crippen molar-refractivity contribution in [3.05, 3.63) is 149 Å². The number of ketones is 1. The van der Waals surface area contributed by atoms with Crippen molar-refractivity contribution in [3.8, 4) is 38.8 Å². The molecule has 3 amide bonds. The maximum atomic E-state index is 13.7. The number of Topliss-reactive ketones (excluding diaryl/α,β-unsaturated/α-hetero) is 1. The second kappa shape index (κ2) is 19.7. The van der Waals surface area contributed by atoms with Crippen LogP contribution in [0.5, 0.6) is 17.2 Å². The van der Waals surface area contributed by atoms with Crippen LogP contribution in [0.4, 0.5) is 17.1 Å². The van der Waals surface area contributed by atoms with Gasteiger partial charge >= 0.3 is 0 Å². The lowest BCUT2D eigenvalue weighted by atomic mass is 10.0. The Hall–Kier alpha value is -7.25. The van der Waals surface area contributed by atoms with Gasteiger partial charge in [-0.2, -0.15) is 0 Å². The van der Waals surface area contributed by atoms with E-state index in [1.165, 1.54) is 9.80 Å². The number of nitrogens with one attached hydrogen (secondary N) is 1. The first-order valence-electron chi connectivity index (χ1n) is 21.7. The van der Waals surface area contributed by atoms with Crippen LogP contribution in [0.3, 0.4) is 0 Å². The Morgan fingerprint density at radius 1 is 0.881 bits per heavy atom. The average molecular weight is 933 g/mol. The second-order valence-electron chi connectivity index (χ2n) is 17.0. The van der Waals surface area contributed by atoms with E-state index >= 15 is 0 Å². The highest BCUT2D eigenvalue weighted by molar-refractivity contribution is 7.81. The largest absolute Gasteiger partial charge is 0.486 e. The lowest BCUT2D eigenvalue weighted by Crippen LogP contribution is -2.45. The van der Waals surface area contributed by atoms with Gasteiger partial charge in [0.2, 0.25) is 11.8 Å². The molecule has 13 nitrogen and oxygen atoms in total. The Labute approximate surface area is 398 Å². The van der Waals surface area contributed by atoms with Gasteiger partial charge in [-0.15, -0.1) is 11.3 Å². The maximum absolute atomic E-state index is 13.7. The monoisotopic (exact) mass is 932 g/mol. The summed E-state index contributed by atoms with van der Waals surface area (Å²) in [4.78, 5) is 66.6. The number of β-amino-alcohol motifs (C(OH)–C–C–N with tert-alkyl or cyclic N) is 1. The van der Waals surface area contributed by atoms with Gasteiger partial charge in [-0.05, 0) is 128 Å². The molecule has 0 spiro atoms. The number of aliphatic hydroxyl groups excluding tert-OH is 1. The van der Waals surface area contributed by atoms with Gasteiger partial charge in [0.1, 0.15) is 35.4 Å². The van der Waals surface area contributed by atoms with Gasteiger partial charge in [-0.3, -0.25) is 24.1 Å². The van der Waals surface area contributed by atoms with Crippen molar-refractivity contribution in [2.24, 2.45) is 0 Å². The van der Waals surface area contributed by atoms with E-state index in [-0.39, 0.29) is 62.5 Å². The summed E-state index contributed by atoms with van der Waals surface area (Å²) in [7, 11) is 0. The molecule has 2 aliphatic heterocycles. The number of hydrogen-bond acceptors (Lipinski definition) is 10. The third-order valence-electron chi connectivity index (χ3n) is 11.9. The van der Waals surface area contributed by atoms with Crippen LogP contribution < -0.4 is 24.6 Å². The van der Waals surface area contributed by atoms with Crippen molar-refractivity contribution in [2.75, 3.05) is 23.0 Å². The SMILES string of the molecule is [C-]#[N+]c1ccc(N2C(=O)C(C)(C)N(c3ccc(-c4cccc(Oc5ccc(OCC(=O)CCC(=O)N6C[C@H](O)C[C@H]6C(=O)NCc6ccc(-c7scnc7C)cc6)cc5)c4)cc3)C2=S)cc1C. The Morgan fingerprint density at radius 2 is 1.58 bits per heavy atom. The van der Waals surface area contributed by atoms with Gasteiger partial charge in [0.25, 0.3) is 5.91 Å². The number of aryl methyl sites for hydroxylation is 2. The van der Waals surface area contributed by atoms with E-state index in [0.717, 1.165) is 44.1 Å². The fraction of sp³-hybridized carbons (Fsp3) is 0.250. The molecule has 2 fully saturated rings. The molecule has 6 aromatic rings. The summed E-state index contributed by atoms with van der Waals surface area (Å²) in [6.07, 6.45) is -0.898. The van der Waals surface area contributed by atoms with Crippen LogP contribution in [0.15, 0.2) is 121 Å². The summed E-state index contributed by atoms with van der Waals surface area (Å²) in [6, 6.07) is 34.6. The van der Waals surface area contributed by atoms with Crippen LogP contribution in [-0.2, 0) is 25.7 Å². The molecule has 5 aromatic carbocycles. The molecule has 2 N–H and O–H groups in total. The number of ether oxygens (including phenoxy) is 2. The van der Waals surface area contributed by atoms with Crippen LogP contribution in [0.1, 0.15) is 49.9 Å². The highest BCUT2D eigenvalue weighted by Gasteiger charge is 2.50. The fourth-order valence-corrected chi connectivity index (χ4v) is 9.60. The minimum Gasteiger partial charge on any atom is -0.486 e. The zero-order valence-electron chi connectivity index (χ0n) is 37.4. The molecule has 1 aromatic heterocycles. The number of thiazole rings is 1. The molecule has 0 radical (unpaired) electrons. The quantitative estimate of drug-likeness (QED) is 0.0755. The number of carbonyl (C=O) groups excluding carboxylic acids is 4. The molecule has 2 aliphatic rings. The summed E-state index contributed by atoms with van der Waals surface area (Å²) in [5, 5.41) is 13.6. The molecule has 3 heterocycles. The first-order valence-corrected chi connectivity index (χ1v) is 23.0. The normalized spacial score (nSPS) is 16.5. The Balaban J connectivity index is 0.802. The van der Waals surface area contributed by atoms with Crippen LogP contribution in [-0.4, -0.2) is 74.4 Å². The summed E-state index contributed by atoms with van der Waals surface area (Å²) in [5.74, 6) is 0.442. The van der Waals surface area contributed by atoms with Gasteiger partial charge < -0.3 is 29.7 Å². The van der Waals surface area contributed by atoms with E-state index in [1.807, 2.05) is 117 Å². The number of likely N-dealkylation sites (tertiary alicyclic amines) is 1. The number of amides is 3. The molecule has 0 aliphatic carbocycles. The van der Waals surface area contributed by atoms with E-state index in [9.17, 15) is 24.3 Å². The number of benzene rings is 5. The molecule has 2 saturated heterocycles. The number of thiocarbonyl (C=S) groups is 1. The molecule has 0 saturated carbocycles. The predicted octanol–water partition coefficient (Wildman–Crippen LogP) is 9.36. The summed E-state index contributed by atoms with van der Waals surface area (Å²) in [5.41, 5.74) is 8.31. The van der Waals surface area contributed by atoms with Gasteiger partial charge in [0.15, 0.2) is 16.6 Å². The second-order valence-corrected chi connectivity index (χ2v) is 18.2. The van der Waals surface area contributed by atoms with Crippen molar-refractivity contribution in [1.29, 1.82) is 0 Å². The standard InChI is InChI=1S/C52H48N6O7S2/c1-32-25-39(17-23-45(32)53-5)57-50(63)52(3,4)58(51(57)66)38-15-13-35(14-16-38)37-7-6-8-44(26-37)65-43-21-19-42(20-22-43)64-30-40(59)18-24-47(61)56-29-41(60)27-46(56)49(62)54-28-34-9-11-36(12-10-34)48-33(2)55-31-67-48/h6-17,19-23,25-26,31,41,46,60H,18,24,27-30H2,1-4H3,(H,54,62)/t41-,46+/m1/s1. The van der Waals surface area contributed by atoms with Crippen LogP contribution in [0.2, 0.25) is 0 Å². The van der Waals surface area contributed by atoms with Crippen molar-refractivity contribution in [2.45, 2.75) is 71.2 Å². The van der Waals surface area contributed by atoms with Crippen molar-refractivity contribution < 1.29 is 33.8 Å². The molecule has 67 heavy (non-hydrogen) atoms. The Kier molecular flexibility index (Phi) is 13.6. The lowest BCUT2D eigenvalue weighted by Gasteiger charge is -2.29. The van der Waals surface area contributed by atoms with E-state index in [2.05, 4.69) is 15.1 Å². The molecule has 15 heteroatoms. The van der Waals surface area contributed by atoms with E-state index in [1.54, 1.807) is 47.7 Å². The molecule has 340 valence electrons. The van der Waals surface area contributed by atoms with E-state index < -0.39 is 17.7 Å². The van der Waals surface area contributed by atoms with E-state index in [4.69, 9.17) is 28.3 Å². The molecular formula is C52H48N6O7S2. The number of nitrogens with zero attached hydrogens (tertiary/aromatic N) is 5. The first-order chi connectivity index (χ1) is 32.2. The zero-order valence-corrected chi connectivity index (χ0v) is 39.0. The smallest absolute Gasteiger partial charge is 0.259 e. The van der Waals surface area contributed by atoms with Gasteiger partial charge in [0.05, 0.1) is 28.8 Å². The first kappa shape index (κ1) is 46.3. The van der Waals surface area contributed by atoms with Gasteiger partial charge in [-0.1, -0.05) is 54.6 Å². The Bertz CT molecular complexity index is 2890. The van der Waals surface area contributed by atoms with Crippen LogP contribution in [0.25, 0.3) is 26.4 Å². The highest BCUT2D eigenvalue weighted by Crippen LogP contribution is 2.39. The summed E-state index contributed by atoms with van der Waals surface area (Å²) < 4.78 is 11.9. The minimum absolute atomic E-state index is 0.0243. The molecular weight excluding hydrogens is 885 g/mol. The number of rotatable bonds is 15. The van der Waals surface area contributed by atoms with Crippen molar-refractivity contribution >= 4 is 69.2 Å². The Morgan fingerprint density at radius 3 is 2.27 bits per heavy atom. The molecule has 0 bridgehead atoms. The summed E-state index contributed by atoms with van der Waals surface area (Å²) in [6.45, 7) is 14.9. The number of carbonyl (C=O) groups is 4. The molecule has 0 unspecified atom stereocenters. The van der Waals surface area contributed by atoms with Crippen LogP contribution >= 0.6 is 23.6 Å². The van der Waals surface area contributed by atoms with Gasteiger partial charge in [-0.25, -0.2) is 9.83 Å². The molecule has 2 atom stereocenters. The number of aromatic nitrogens is 1. The third-order valence-corrected chi connectivity index (χ3v) is 13.3. The average Bonchev–Trinajstić information content (AvgIpc) is 3.99. The van der Waals surface area contributed by atoms with Crippen molar-refractivity contribution in [3.63, 3.8) is 0 Å². The molecule has 8 rings (SSSR count). The number of hydrogen-bond donors (Lipinski definition) is 2. The highest BCUT2D eigenvalue weighted by atomic mass is 32.1. The maximum Gasteiger partial charge on any atom is 0.259 e. The van der Waals surface area contributed by atoms with Gasteiger partial charge in [0, 0.05) is 43.7 Å².